The Labute approximate surface area is 115 Å². The van der Waals surface area contributed by atoms with Gasteiger partial charge in [0.15, 0.2) is 5.78 Å². The molecule has 2 aromatic carbocycles. The average molecular weight is 272 g/mol. The number of carbonyl (C=O) groups is 2. The fraction of sp³-hybridized carbons (Fsp3) is 0.0667. The van der Waals surface area contributed by atoms with Gasteiger partial charge in [-0.15, -0.1) is 0 Å². The standard InChI is InChI=1S/C15H10ClNO2/c1-8(18)17-14-7-12-11(6-13(14)16)9-4-2-3-5-10(9)15(12)19/h2-7H,1H3,(H,17,18). The molecule has 0 bridgehead atoms. The first-order chi connectivity index (χ1) is 9.08. The second kappa shape index (κ2) is 4.21. The molecule has 0 aromatic heterocycles. The monoisotopic (exact) mass is 271 g/mol. The highest BCUT2D eigenvalue weighted by Gasteiger charge is 2.27. The summed E-state index contributed by atoms with van der Waals surface area (Å²) in [5, 5.41) is 3.06. The van der Waals surface area contributed by atoms with Gasteiger partial charge in [-0.25, -0.2) is 0 Å². The Morgan fingerprint density at radius 1 is 1.05 bits per heavy atom. The Morgan fingerprint density at radius 3 is 2.42 bits per heavy atom. The fourth-order valence-electron chi connectivity index (χ4n) is 2.33. The maximum atomic E-state index is 12.3. The molecule has 3 nitrogen and oxygen atoms in total. The molecule has 0 atom stereocenters. The molecule has 1 aliphatic rings. The van der Waals surface area contributed by atoms with Crippen molar-refractivity contribution in [1.82, 2.24) is 0 Å². The van der Waals surface area contributed by atoms with Gasteiger partial charge in [-0.3, -0.25) is 9.59 Å². The molecule has 0 heterocycles. The van der Waals surface area contributed by atoms with E-state index in [0.29, 0.717) is 21.8 Å². The van der Waals surface area contributed by atoms with Crippen LogP contribution in [0.1, 0.15) is 22.8 Å². The molecule has 0 saturated carbocycles. The van der Waals surface area contributed by atoms with E-state index in [1.807, 2.05) is 18.2 Å². The normalized spacial score (nSPS) is 12.0. The molecular formula is C15H10ClNO2. The second-order valence-electron chi connectivity index (χ2n) is 4.43. The average Bonchev–Trinajstić information content (AvgIpc) is 2.64. The number of amides is 1. The van der Waals surface area contributed by atoms with E-state index in [1.165, 1.54) is 6.92 Å². The molecule has 1 N–H and O–H groups in total. The molecule has 0 unspecified atom stereocenters. The number of halogens is 1. The molecule has 3 rings (SSSR count). The number of hydrogen-bond donors (Lipinski definition) is 1. The molecule has 0 fully saturated rings. The summed E-state index contributed by atoms with van der Waals surface area (Å²) in [6.07, 6.45) is 0. The Hall–Kier alpha value is -2.13. The van der Waals surface area contributed by atoms with E-state index in [0.717, 1.165) is 11.1 Å². The molecule has 0 radical (unpaired) electrons. The van der Waals surface area contributed by atoms with Crippen molar-refractivity contribution in [2.24, 2.45) is 0 Å². The number of rotatable bonds is 1. The summed E-state index contributed by atoms with van der Waals surface area (Å²) in [6.45, 7) is 1.40. The van der Waals surface area contributed by atoms with Gasteiger partial charge in [0.25, 0.3) is 0 Å². The summed E-state index contributed by atoms with van der Waals surface area (Å²) in [6, 6.07) is 10.8. The number of fused-ring (bicyclic) bond motifs is 3. The minimum Gasteiger partial charge on any atom is -0.325 e. The predicted octanol–water partition coefficient (Wildman–Crippen LogP) is 3.51. The number of hydrogen-bond acceptors (Lipinski definition) is 2. The lowest BCUT2D eigenvalue weighted by atomic mass is 10.1. The van der Waals surface area contributed by atoms with Gasteiger partial charge in [-0.1, -0.05) is 35.9 Å². The van der Waals surface area contributed by atoms with Crippen LogP contribution in [0.2, 0.25) is 5.02 Å². The molecule has 4 heteroatoms. The highest BCUT2D eigenvalue weighted by molar-refractivity contribution is 6.35. The maximum absolute atomic E-state index is 12.3. The maximum Gasteiger partial charge on any atom is 0.221 e. The van der Waals surface area contributed by atoms with Gasteiger partial charge in [0, 0.05) is 18.1 Å². The Morgan fingerprint density at radius 2 is 1.74 bits per heavy atom. The highest BCUT2D eigenvalue weighted by Crippen LogP contribution is 2.40. The van der Waals surface area contributed by atoms with Crippen molar-refractivity contribution in [3.8, 4) is 11.1 Å². The van der Waals surface area contributed by atoms with Crippen LogP contribution in [0.25, 0.3) is 11.1 Å². The number of ketones is 1. The molecule has 1 amide bonds. The lowest BCUT2D eigenvalue weighted by Gasteiger charge is -2.07. The van der Waals surface area contributed by atoms with Crippen molar-refractivity contribution in [2.75, 3.05) is 5.32 Å². The molecule has 1 aliphatic carbocycles. The van der Waals surface area contributed by atoms with Crippen molar-refractivity contribution < 1.29 is 9.59 Å². The molecule has 0 saturated heterocycles. The summed E-state index contributed by atoms with van der Waals surface area (Å²) in [5.41, 5.74) is 3.43. The fourth-order valence-corrected chi connectivity index (χ4v) is 2.54. The van der Waals surface area contributed by atoms with Crippen molar-refractivity contribution in [2.45, 2.75) is 6.92 Å². The van der Waals surface area contributed by atoms with Crippen molar-refractivity contribution in [3.05, 3.63) is 52.5 Å². The van der Waals surface area contributed by atoms with Crippen LogP contribution >= 0.6 is 11.6 Å². The smallest absolute Gasteiger partial charge is 0.221 e. The number of carbonyl (C=O) groups excluding carboxylic acids is 2. The van der Waals surface area contributed by atoms with Crippen LogP contribution in [0.15, 0.2) is 36.4 Å². The zero-order chi connectivity index (χ0) is 13.6. The first-order valence-electron chi connectivity index (χ1n) is 5.83. The van der Waals surface area contributed by atoms with Crippen LogP contribution in [-0.4, -0.2) is 11.7 Å². The number of nitrogens with one attached hydrogen (secondary N) is 1. The second-order valence-corrected chi connectivity index (χ2v) is 4.84. The summed E-state index contributed by atoms with van der Waals surface area (Å²) < 4.78 is 0. The van der Waals surface area contributed by atoms with Crippen molar-refractivity contribution in [1.29, 1.82) is 0 Å². The van der Waals surface area contributed by atoms with Crippen molar-refractivity contribution in [3.63, 3.8) is 0 Å². The zero-order valence-corrected chi connectivity index (χ0v) is 10.9. The van der Waals surface area contributed by atoms with Gasteiger partial charge in [-0.05, 0) is 23.3 Å². The van der Waals surface area contributed by atoms with Crippen LogP contribution in [0.5, 0.6) is 0 Å². The third-order valence-corrected chi connectivity index (χ3v) is 3.44. The number of benzene rings is 2. The first kappa shape index (κ1) is 11.9. The molecule has 19 heavy (non-hydrogen) atoms. The Kier molecular flexibility index (Phi) is 2.64. The minimum atomic E-state index is -0.218. The van der Waals surface area contributed by atoms with Gasteiger partial charge in [0.1, 0.15) is 0 Å². The van der Waals surface area contributed by atoms with Gasteiger partial charge in [-0.2, -0.15) is 0 Å². The molecule has 94 valence electrons. The molecular weight excluding hydrogens is 262 g/mol. The van der Waals surface area contributed by atoms with E-state index in [-0.39, 0.29) is 11.7 Å². The van der Waals surface area contributed by atoms with E-state index in [9.17, 15) is 9.59 Å². The lowest BCUT2D eigenvalue weighted by molar-refractivity contribution is -0.114. The zero-order valence-electron chi connectivity index (χ0n) is 10.2. The topological polar surface area (TPSA) is 46.2 Å². The summed E-state index contributed by atoms with van der Waals surface area (Å²) in [5.74, 6) is -0.251. The summed E-state index contributed by atoms with van der Waals surface area (Å²) in [4.78, 5) is 23.4. The van der Waals surface area contributed by atoms with E-state index < -0.39 is 0 Å². The molecule has 0 aliphatic heterocycles. The summed E-state index contributed by atoms with van der Waals surface area (Å²) >= 11 is 6.14. The van der Waals surface area contributed by atoms with E-state index in [2.05, 4.69) is 5.32 Å². The Bertz CT molecular complexity index is 722. The lowest BCUT2D eigenvalue weighted by Crippen LogP contribution is -2.07. The van der Waals surface area contributed by atoms with Crippen LogP contribution in [0.3, 0.4) is 0 Å². The molecule has 2 aromatic rings. The van der Waals surface area contributed by atoms with Crippen LogP contribution in [0.4, 0.5) is 5.69 Å². The van der Waals surface area contributed by atoms with E-state index in [1.54, 1.807) is 18.2 Å². The SMILES string of the molecule is CC(=O)Nc1cc2c(cc1Cl)-c1ccccc1C2=O. The van der Waals surface area contributed by atoms with Crippen LogP contribution in [0, 0.1) is 0 Å². The van der Waals surface area contributed by atoms with Gasteiger partial charge < -0.3 is 5.32 Å². The van der Waals surface area contributed by atoms with E-state index in [4.69, 9.17) is 11.6 Å². The highest BCUT2D eigenvalue weighted by atomic mass is 35.5. The van der Waals surface area contributed by atoms with Crippen molar-refractivity contribution >= 4 is 29.0 Å². The molecule has 0 spiro atoms. The quantitative estimate of drug-likeness (QED) is 0.736. The third-order valence-electron chi connectivity index (χ3n) is 3.12. The predicted molar refractivity (Wildman–Crippen MR) is 74.6 cm³/mol. The number of anilines is 1. The minimum absolute atomic E-state index is 0.0335. The third kappa shape index (κ3) is 1.83. The van der Waals surface area contributed by atoms with Gasteiger partial charge in [0.2, 0.25) is 5.91 Å². The largest absolute Gasteiger partial charge is 0.325 e. The first-order valence-corrected chi connectivity index (χ1v) is 6.21. The summed E-state index contributed by atoms with van der Waals surface area (Å²) in [7, 11) is 0. The van der Waals surface area contributed by atoms with Gasteiger partial charge in [0.05, 0.1) is 10.7 Å². The Balaban J connectivity index is 2.20. The van der Waals surface area contributed by atoms with Crippen LogP contribution < -0.4 is 5.32 Å². The van der Waals surface area contributed by atoms with E-state index >= 15 is 0 Å². The van der Waals surface area contributed by atoms with Gasteiger partial charge >= 0.3 is 0 Å². The van der Waals surface area contributed by atoms with Crippen LogP contribution in [-0.2, 0) is 4.79 Å².